The molecule has 0 aromatic heterocycles. The fourth-order valence-corrected chi connectivity index (χ4v) is 12.0. The normalized spacial score (nSPS) is 25.6. The number of aliphatic hydroxyl groups excluding tert-OH is 2. The zero-order valence-corrected chi connectivity index (χ0v) is 40.6. The van der Waals surface area contributed by atoms with Crippen molar-refractivity contribution in [1.82, 2.24) is 4.90 Å². The zero-order chi connectivity index (χ0) is 48.3. The van der Waals surface area contributed by atoms with E-state index in [2.05, 4.69) is 43.0 Å². The Labute approximate surface area is 413 Å². The first-order valence-electron chi connectivity index (χ1n) is 26.1. The highest BCUT2D eigenvalue weighted by Crippen LogP contribution is 2.62. The van der Waals surface area contributed by atoms with Crippen LogP contribution in [0.5, 0.6) is 17.2 Å². The number of ether oxygens (including phenoxy) is 4. The molecule has 5 aliphatic rings. The average Bonchev–Trinajstić information content (AvgIpc) is 3.93. The molecule has 7 atom stereocenters. The highest BCUT2D eigenvalue weighted by molar-refractivity contribution is 6.03. The molecule has 1 amide bonds. The summed E-state index contributed by atoms with van der Waals surface area (Å²) in [6.07, 6.45) is 16.9. The third-order valence-corrected chi connectivity index (χ3v) is 15.5. The number of aliphatic hydroxyl groups is 2. The Morgan fingerprint density at radius 1 is 0.843 bits per heavy atom. The maximum absolute atomic E-state index is 15.3. The lowest BCUT2D eigenvalue weighted by Crippen LogP contribution is -2.70. The summed E-state index contributed by atoms with van der Waals surface area (Å²) in [5.74, 6) is 0.110. The molecule has 0 bridgehead atoms. The van der Waals surface area contributed by atoms with Crippen molar-refractivity contribution < 1.29 is 43.2 Å². The molecule has 0 radical (unpaired) electrons. The highest BCUT2D eigenvalue weighted by atomic mass is 19.1. The summed E-state index contributed by atoms with van der Waals surface area (Å²) >= 11 is 0. The third kappa shape index (κ3) is 11.4. The first kappa shape index (κ1) is 49.6. The quantitative estimate of drug-likeness (QED) is 0.0454. The lowest BCUT2D eigenvalue weighted by atomic mass is 9.55. The molecule has 11 heteroatoms. The van der Waals surface area contributed by atoms with Crippen LogP contribution in [0.15, 0.2) is 127 Å². The summed E-state index contributed by atoms with van der Waals surface area (Å²) in [6, 6.07) is 30.1. The van der Waals surface area contributed by atoms with E-state index >= 15 is 4.79 Å². The first-order chi connectivity index (χ1) is 34.4. The van der Waals surface area contributed by atoms with Crippen LogP contribution >= 0.6 is 0 Å². The predicted molar refractivity (Wildman–Crippen MR) is 270 cm³/mol. The van der Waals surface area contributed by atoms with Gasteiger partial charge in [0.1, 0.15) is 29.1 Å². The van der Waals surface area contributed by atoms with Gasteiger partial charge in [-0.1, -0.05) is 110 Å². The summed E-state index contributed by atoms with van der Waals surface area (Å²) in [5, 5.41) is 25.2. The molecule has 70 heavy (non-hydrogen) atoms. The molecule has 1 saturated heterocycles. The number of carbonyl (C=O) groups excluding carboxylic acids is 1. The number of benzene rings is 4. The summed E-state index contributed by atoms with van der Waals surface area (Å²) in [4.78, 5) is 23.6. The van der Waals surface area contributed by atoms with Crippen LogP contribution in [0.4, 0.5) is 4.39 Å². The van der Waals surface area contributed by atoms with Crippen molar-refractivity contribution in [2.75, 3.05) is 26.4 Å². The number of carbonyl (C=O) groups is 1. The Kier molecular flexibility index (Phi) is 16.8. The molecule has 2 saturated carbocycles. The Morgan fingerprint density at radius 3 is 2.30 bits per heavy atom. The van der Waals surface area contributed by atoms with Crippen LogP contribution in [0, 0.1) is 29.5 Å². The van der Waals surface area contributed by atoms with E-state index in [1.54, 1.807) is 18.2 Å². The second-order valence-electron chi connectivity index (χ2n) is 20.0. The largest absolute Gasteiger partial charge is 0.459 e. The molecule has 2 aliphatic heterocycles. The SMILES string of the molecule is C=CCO[C@@]12Oc3ccc(Oc4ccc(-c5ccccc5)cc4)cc3[C@H]3[C@H](CCCCO)[C@@H](CCCCO)C=C(C(=NOC4CCCCO4)C[C@@H]1N(Cc1ccc(F)cc1)C(=O)CCC1CCCC1)[C@H]32. The maximum Gasteiger partial charge on any atom is 0.239 e. The number of hydrogen-bond acceptors (Lipinski definition) is 9. The number of rotatable bonds is 22. The number of unbranched alkanes of at least 4 members (excludes halogenated alkanes) is 2. The number of halogens is 1. The van der Waals surface area contributed by atoms with Gasteiger partial charge in [0.2, 0.25) is 18.0 Å². The predicted octanol–water partition coefficient (Wildman–Crippen LogP) is 12.4. The van der Waals surface area contributed by atoms with E-state index < -0.39 is 24.0 Å². The average molecular weight is 955 g/mol. The van der Waals surface area contributed by atoms with E-state index in [1.807, 2.05) is 47.4 Å². The minimum absolute atomic E-state index is 0.0173. The van der Waals surface area contributed by atoms with Crippen LogP contribution in [0.25, 0.3) is 11.1 Å². The fraction of sp³-hybridized carbons (Fsp3) is 0.492. The Hall–Kier alpha value is -5.33. The van der Waals surface area contributed by atoms with Crippen LogP contribution in [-0.4, -0.2) is 71.3 Å². The number of nitrogens with zero attached hydrogens (tertiary/aromatic N) is 2. The van der Waals surface area contributed by atoms with E-state index in [4.69, 9.17) is 28.9 Å². The second kappa shape index (κ2) is 23.7. The van der Waals surface area contributed by atoms with Crippen LogP contribution in [-0.2, 0) is 25.7 Å². The highest BCUT2D eigenvalue weighted by Gasteiger charge is 2.65. The van der Waals surface area contributed by atoms with E-state index in [1.165, 1.54) is 25.0 Å². The molecule has 3 fully saturated rings. The van der Waals surface area contributed by atoms with Gasteiger partial charge >= 0.3 is 0 Å². The van der Waals surface area contributed by atoms with Gasteiger partial charge in [0.25, 0.3) is 0 Å². The number of amides is 1. The number of fused-ring (bicyclic) bond motifs is 2. The molecule has 2 N–H and O–H groups in total. The van der Waals surface area contributed by atoms with Crippen LogP contribution in [0.2, 0.25) is 0 Å². The van der Waals surface area contributed by atoms with Crippen LogP contribution < -0.4 is 9.47 Å². The van der Waals surface area contributed by atoms with Gasteiger partial charge in [0, 0.05) is 50.5 Å². The van der Waals surface area contributed by atoms with Crippen molar-refractivity contribution in [2.24, 2.45) is 28.8 Å². The standard InChI is InChI=1S/C59H71FN2O8/c1-2-35-67-59-54(62(40-42-21-26-46(60)27-22-42)55(65)32-23-41-14-6-7-15-41)39-52(61-70-56-20-10-13-36-66-56)50-37-45(18-8-11-33-63)49(19-9-12-34-64)57(58(50)59)51-38-48(30-31-53(51)69-59)68-47-28-24-44(25-29-47)43-16-4-3-5-17-43/h2-5,16-17,21-22,24-31,37-38,41,45,49,54,56-58,63-64H,1,6-15,18-20,23,32-36,39-40H2/t45-,49+,54-,56?,57+,58+,59+/m0/s1. The second-order valence-corrected chi connectivity index (χ2v) is 20.0. The molecule has 0 spiro atoms. The first-order valence-corrected chi connectivity index (χ1v) is 26.1. The molecular formula is C59H71FN2O8. The lowest BCUT2D eigenvalue weighted by Gasteiger charge is -2.60. The smallest absolute Gasteiger partial charge is 0.239 e. The number of allylic oxidation sites excluding steroid dienone is 1. The van der Waals surface area contributed by atoms with Crippen molar-refractivity contribution in [3.63, 3.8) is 0 Å². The van der Waals surface area contributed by atoms with Crippen LogP contribution in [0.1, 0.15) is 120 Å². The fourth-order valence-electron chi connectivity index (χ4n) is 12.0. The van der Waals surface area contributed by atoms with Crippen LogP contribution in [0.3, 0.4) is 0 Å². The molecule has 1 unspecified atom stereocenters. The van der Waals surface area contributed by atoms with Gasteiger partial charge in [0.15, 0.2) is 0 Å². The van der Waals surface area contributed by atoms with E-state index in [9.17, 15) is 14.6 Å². The number of hydrogen-bond donors (Lipinski definition) is 2. The minimum atomic E-state index is -1.43. The van der Waals surface area contributed by atoms with Gasteiger partial charge in [-0.2, -0.15) is 0 Å². The van der Waals surface area contributed by atoms with Crippen molar-refractivity contribution in [3.8, 4) is 28.4 Å². The van der Waals surface area contributed by atoms with Gasteiger partial charge in [-0.25, -0.2) is 4.39 Å². The lowest BCUT2D eigenvalue weighted by molar-refractivity contribution is -0.258. The minimum Gasteiger partial charge on any atom is -0.459 e. The van der Waals surface area contributed by atoms with Gasteiger partial charge in [-0.05, 0) is 127 Å². The Morgan fingerprint density at radius 2 is 1.57 bits per heavy atom. The topological polar surface area (TPSA) is 119 Å². The van der Waals surface area contributed by atoms with Crippen molar-refractivity contribution in [1.29, 1.82) is 0 Å². The molecule has 3 aliphatic carbocycles. The number of oxime groups is 1. The zero-order valence-electron chi connectivity index (χ0n) is 40.6. The monoisotopic (exact) mass is 955 g/mol. The molecule has 9 rings (SSSR count). The summed E-state index contributed by atoms with van der Waals surface area (Å²) in [6.45, 7) is 5.26. The molecular weight excluding hydrogens is 884 g/mol. The molecule has 2 heterocycles. The maximum atomic E-state index is 15.3. The summed E-state index contributed by atoms with van der Waals surface area (Å²) < 4.78 is 42.1. The third-order valence-electron chi connectivity index (χ3n) is 15.5. The van der Waals surface area contributed by atoms with Gasteiger partial charge in [0.05, 0.1) is 24.8 Å². The molecule has 4 aromatic carbocycles. The van der Waals surface area contributed by atoms with E-state index in [-0.39, 0.29) is 62.3 Å². The van der Waals surface area contributed by atoms with Gasteiger partial charge in [-0.3, -0.25) is 4.79 Å². The van der Waals surface area contributed by atoms with E-state index in [0.717, 1.165) is 97.7 Å². The van der Waals surface area contributed by atoms with E-state index in [0.29, 0.717) is 49.0 Å². The Bertz CT molecular complexity index is 2400. The van der Waals surface area contributed by atoms with Gasteiger partial charge in [-0.15, -0.1) is 6.58 Å². The molecule has 10 nitrogen and oxygen atoms in total. The van der Waals surface area contributed by atoms with Crippen molar-refractivity contribution >= 4 is 11.6 Å². The molecule has 4 aromatic rings. The van der Waals surface area contributed by atoms with Crippen molar-refractivity contribution in [2.45, 2.75) is 133 Å². The van der Waals surface area contributed by atoms with Gasteiger partial charge < -0.3 is 38.9 Å². The summed E-state index contributed by atoms with van der Waals surface area (Å²) in [7, 11) is 0. The molecule has 372 valence electrons. The Balaban J connectivity index is 1.20. The van der Waals surface area contributed by atoms with Crippen molar-refractivity contribution in [3.05, 3.63) is 138 Å². The summed E-state index contributed by atoms with van der Waals surface area (Å²) in [5.41, 5.74) is 5.67.